The van der Waals surface area contributed by atoms with E-state index < -0.39 is 18.0 Å². The maximum Gasteiger partial charge on any atom is 0.439 e. The molecule has 1 aliphatic carbocycles. The summed E-state index contributed by atoms with van der Waals surface area (Å²) in [6, 6.07) is 15.6. The molecule has 2 atom stereocenters. The van der Waals surface area contributed by atoms with E-state index >= 15 is 0 Å². The van der Waals surface area contributed by atoms with Gasteiger partial charge in [0.1, 0.15) is 5.82 Å². The number of aliphatic hydroxyl groups is 1. The van der Waals surface area contributed by atoms with Crippen molar-refractivity contribution in [2.75, 3.05) is 0 Å². The first-order valence-corrected chi connectivity index (χ1v) is 13.7. The number of rotatable bonds is 9. The SMILES string of the molecule is CCCc1nc(CC)n(O[C@@H]2CCCC[C@H]2O)c(=O)c1Cc1ccc(-c2ccccc2-c2noc(=O)[nH]2)cc1. The predicted molar refractivity (Wildman–Crippen MR) is 148 cm³/mol. The Morgan fingerprint density at radius 2 is 1.79 bits per heavy atom. The second kappa shape index (κ2) is 11.8. The van der Waals surface area contributed by atoms with Gasteiger partial charge in [-0.15, -0.1) is 4.73 Å². The minimum Gasteiger partial charge on any atom is -0.403 e. The van der Waals surface area contributed by atoms with E-state index in [9.17, 15) is 14.7 Å². The number of hydrogen-bond acceptors (Lipinski definition) is 7. The van der Waals surface area contributed by atoms with Crippen LogP contribution >= 0.6 is 0 Å². The minimum atomic E-state index is -0.603. The van der Waals surface area contributed by atoms with Crippen LogP contribution in [-0.2, 0) is 19.3 Å². The van der Waals surface area contributed by atoms with Crippen molar-refractivity contribution < 1.29 is 14.5 Å². The normalized spacial score (nSPS) is 17.3. The first-order chi connectivity index (χ1) is 19.0. The van der Waals surface area contributed by atoms with Crippen molar-refractivity contribution in [3.8, 4) is 22.5 Å². The Balaban J connectivity index is 1.47. The Hall–Kier alpha value is -3.98. The Bertz CT molecular complexity index is 1540. The van der Waals surface area contributed by atoms with Gasteiger partial charge < -0.3 is 9.94 Å². The quantitative estimate of drug-likeness (QED) is 0.334. The van der Waals surface area contributed by atoms with Crippen LogP contribution < -0.4 is 16.2 Å². The number of aryl methyl sites for hydroxylation is 2. The number of aromatic amines is 1. The number of H-pyrrole nitrogens is 1. The minimum absolute atomic E-state index is 0.201. The van der Waals surface area contributed by atoms with E-state index in [1.54, 1.807) is 0 Å². The lowest BCUT2D eigenvalue weighted by atomic mass is 9.95. The molecule has 0 bridgehead atoms. The molecule has 4 aromatic rings. The molecule has 2 aromatic heterocycles. The van der Waals surface area contributed by atoms with Gasteiger partial charge in [0.05, 0.1) is 11.8 Å². The molecule has 9 nitrogen and oxygen atoms in total. The smallest absolute Gasteiger partial charge is 0.403 e. The molecule has 0 spiro atoms. The van der Waals surface area contributed by atoms with E-state index in [4.69, 9.17) is 14.3 Å². The van der Waals surface area contributed by atoms with Gasteiger partial charge in [-0.3, -0.25) is 14.3 Å². The van der Waals surface area contributed by atoms with E-state index in [2.05, 4.69) is 17.1 Å². The van der Waals surface area contributed by atoms with Crippen molar-refractivity contribution >= 4 is 0 Å². The highest BCUT2D eigenvalue weighted by molar-refractivity contribution is 5.80. The first kappa shape index (κ1) is 26.6. The summed E-state index contributed by atoms with van der Waals surface area (Å²) in [7, 11) is 0. The summed E-state index contributed by atoms with van der Waals surface area (Å²) in [5.74, 6) is 0.353. The lowest BCUT2D eigenvalue weighted by Crippen LogP contribution is -2.45. The average molecular weight is 531 g/mol. The van der Waals surface area contributed by atoms with Crippen LogP contribution in [0.15, 0.2) is 62.6 Å². The molecule has 2 heterocycles. The van der Waals surface area contributed by atoms with Crippen LogP contribution in [0.1, 0.15) is 68.6 Å². The van der Waals surface area contributed by atoms with Gasteiger partial charge in [0.2, 0.25) is 0 Å². The fourth-order valence-electron chi connectivity index (χ4n) is 5.21. The third-order valence-corrected chi connectivity index (χ3v) is 7.27. The van der Waals surface area contributed by atoms with Crippen LogP contribution in [0.5, 0.6) is 0 Å². The second-order valence-corrected chi connectivity index (χ2v) is 10.0. The van der Waals surface area contributed by atoms with Crippen LogP contribution in [-0.4, -0.2) is 37.2 Å². The third kappa shape index (κ3) is 5.73. The number of nitrogens with zero attached hydrogens (tertiary/aromatic N) is 3. The topological polar surface area (TPSA) is 123 Å². The molecule has 9 heteroatoms. The van der Waals surface area contributed by atoms with Crippen molar-refractivity contribution in [3.63, 3.8) is 0 Å². The summed E-state index contributed by atoms with van der Waals surface area (Å²) in [5.41, 5.74) is 4.78. The molecule has 0 unspecified atom stereocenters. The standard InChI is InChI=1S/C30H34N4O5/c1-3-9-24-23(29(36)34(27(4-2)31-24)39-26-13-8-7-12-25(26)35)18-19-14-16-20(17-15-19)21-10-5-6-11-22(21)28-32-30(37)38-33-28/h5-6,10-11,14-17,25-26,35H,3-4,7-9,12-13,18H2,1-2H3,(H,32,33,37)/t25-,26-/m1/s1. The molecule has 2 N–H and O–H groups in total. The Labute approximate surface area is 226 Å². The highest BCUT2D eigenvalue weighted by Gasteiger charge is 2.27. The van der Waals surface area contributed by atoms with Gasteiger partial charge in [-0.25, -0.2) is 9.78 Å². The molecule has 0 aliphatic heterocycles. The summed E-state index contributed by atoms with van der Waals surface area (Å²) < 4.78 is 6.02. The van der Waals surface area contributed by atoms with Crippen LogP contribution in [0.25, 0.3) is 22.5 Å². The monoisotopic (exact) mass is 530 g/mol. The number of benzene rings is 2. The Kier molecular flexibility index (Phi) is 8.07. The van der Waals surface area contributed by atoms with E-state index in [1.807, 2.05) is 55.5 Å². The molecule has 1 saturated carbocycles. The van der Waals surface area contributed by atoms with Gasteiger partial charge in [0.15, 0.2) is 11.9 Å². The van der Waals surface area contributed by atoms with Crippen molar-refractivity contribution in [2.45, 2.75) is 77.4 Å². The lowest BCUT2D eigenvalue weighted by Gasteiger charge is -2.29. The third-order valence-electron chi connectivity index (χ3n) is 7.27. The maximum absolute atomic E-state index is 13.8. The number of hydrogen-bond donors (Lipinski definition) is 2. The van der Waals surface area contributed by atoms with E-state index in [0.717, 1.165) is 47.2 Å². The molecular formula is C30H34N4O5. The highest BCUT2D eigenvalue weighted by atomic mass is 16.7. The summed E-state index contributed by atoms with van der Waals surface area (Å²) in [6.07, 6.45) is 4.87. The van der Waals surface area contributed by atoms with Crippen molar-refractivity contribution in [1.29, 1.82) is 0 Å². The molecule has 39 heavy (non-hydrogen) atoms. The number of nitrogens with one attached hydrogen (secondary N) is 1. The Morgan fingerprint density at radius 3 is 2.46 bits per heavy atom. The van der Waals surface area contributed by atoms with Crippen LogP contribution in [0, 0.1) is 0 Å². The molecule has 0 amide bonds. The molecule has 0 saturated heterocycles. The van der Waals surface area contributed by atoms with Gasteiger partial charge >= 0.3 is 5.76 Å². The zero-order valence-corrected chi connectivity index (χ0v) is 22.4. The van der Waals surface area contributed by atoms with Gasteiger partial charge in [-0.2, -0.15) is 0 Å². The van der Waals surface area contributed by atoms with Gasteiger partial charge in [0, 0.05) is 24.0 Å². The summed E-state index contributed by atoms with van der Waals surface area (Å²) in [6.45, 7) is 4.03. The van der Waals surface area contributed by atoms with E-state index in [1.165, 1.54) is 4.73 Å². The zero-order valence-electron chi connectivity index (χ0n) is 22.4. The molecule has 1 fully saturated rings. The summed E-state index contributed by atoms with van der Waals surface area (Å²) >= 11 is 0. The zero-order chi connectivity index (χ0) is 27.4. The largest absolute Gasteiger partial charge is 0.439 e. The number of aliphatic hydroxyl groups excluding tert-OH is 1. The van der Waals surface area contributed by atoms with Gasteiger partial charge in [0.25, 0.3) is 5.56 Å². The fraction of sp³-hybridized carbons (Fsp3) is 0.400. The molecule has 0 radical (unpaired) electrons. The van der Waals surface area contributed by atoms with Crippen LogP contribution in [0.4, 0.5) is 0 Å². The lowest BCUT2D eigenvalue weighted by molar-refractivity contribution is -0.0711. The molecular weight excluding hydrogens is 496 g/mol. The van der Waals surface area contributed by atoms with Crippen LogP contribution in [0.2, 0.25) is 0 Å². The highest BCUT2D eigenvalue weighted by Crippen LogP contribution is 2.30. The van der Waals surface area contributed by atoms with Crippen molar-refractivity contribution in [3.05, 3.63) is 92.1 Å². The molecule has 204 valence electrons. The Morgan fingerprint density at radius 1 is 1.05 bits per heavy atom. The summed E-state index contributed by atoms with van der Waals surface area (Å²) in [4.78, 5) is 38.9. The molecule has 5 rings (SSSR count). The van der Waals surface area contributed by atoms with Crippen LogP contribution in [0.3, 0.4) is 0 Å². The van der Waals surface area contributed by atoms with Gasteiger partial charge in [-0.1, -0.05) is 80.4 Å². The maximum atomic E-state index is 13.8. The van der Waals surface area contributed by atoms with Crippen molar-refractivity contribution in [1.82, 2.24) is 19.9 Å². The summed E-state index contributed by atoms with van der Waals surface area (Å²) in [5, 5.41) is 14.3. The first-order valence-electron chi connectivity index (χ1n) is 13.7. The second-order valence-electron chi connectivity index (χ2n) is 10.0. The van der Waals surface area contributed by atoms with E-state index in [0.29, 0.717) is 49.3 Å². The van der Waals surface area contributed by atoms with E-state index in [-0.39, 0.29) is 5.56 Å². The fourth-order valence-corrected chi connectivity index (χ4v) is 5.21. The number of aromatic nitrogens is 4. The average Bonchev–Trinajstić information content (AvgIpc) is 3.39. The molecule has 2 aromatic carbocycles. The van der Waals surface area contributed by atoms with Crippen molar-refractivity contribution in [2.24, 2.45) is 0 Å². The predicted octanol–water partition coefficient (Wildman–Crippen LogP) is 4.09. The van der Waals surface area contributed by atoms with Gasteiger partial charge in [-0.05, 0) is 42.4 Å². The molecule has 1 aliphatic rings.